The molecule has 0 radical (unpaired) electrons. The Hall–Kier alpha value is -2.58. The maximum atomic E-state index is 12.6. The van der Waals surface area contributed by atoms with Gasteiger partial charge in [0.05, 0.1) is 31.6 Å². The van der Waals surface area contributed by atoms with E-state index >= 15 is 0 Å². The number of hydrogen-bond donors (Lipinski definition) is 1. The van der Waals surface area contributed by atoms with E-state index in [-0.39, 0.29) is 17.5 Å². The summed E-state index contributed by atoms with van der Waals surface area (Å²) in [6, 6.07) is 8.34. The third-order valence-electron chi connectivity index (χ3n) is 5.12. The van der Waals surface area contributed by atoms with Crippen molar-refractivity contribution in [3.05, 3.63) is 51.4 Å². The van der Waals surface area contributed by atoms with Crippen molar-refractivity contribution in [3.8, 4) is 0 Å². The molecule has 4 rings (SSSR count). The Morgan fingerprint density at radius 3 is 2.50 bits per heavy atom. The van der Waals surface area contributed by atoms with Gasteiger partial charge in [-0.2, -0.15) is 5.10 Å². The molecule has 3 heterocycles. The quantitative estimate of drug-likeness (QED) is 0.823. The van der Waals surface area contributed by atoms with Crippen molar-refractivity contribution in [2.75, 3.05) is 55.7 Å². The van der Waals surface area contributed by atoms with Crippen molar-refractivity contribution in [2.24, 2.45) is 0 Å². The van der Waals surface area contributed by atoms with E-state index in [0.29, 0.717) is 25.3 Å². The van der Waals surface area contributed by atoms with Crippen molar-refractivity contribution in [1.82, 2.24) is 15.1 Å². The normalized spacial score (nSPS) is 17.9. The number of nitrogens with one attached hydrogen (secondary N) is 1. The van der Waals surface area contributed by atoms with Gasteiger partial charge in [-0.1, -0.05) is 23.7 Å². The molecule has 28 heavy (non-hydrogen) atoms. The van der Waals surface area contributed by atoms with Crippen molar-refractivity contribution in [2.45, 2.75) is 6.54 Å². The summed E-state index contributed by atoms with van der Waals surface area (Å²) in [5.41, 5.74) is 2.32. The molecule has 2 aliphatic rings. The molecule has 1 aromatic carbocycles. The summed E-state index contributed by atoms with van der Waals surface area (Å²) in [6.07, 6.45) is 1.48. The van der Waals surface area contributed by atoms with Crippen molar-refractivity contribution in [3.63, 3.8) is 0 Å². The van der Waals surface area contributed by atoms with E-state index in [1.54, 1.807) is 4.90 Å². The van der Waals surface area contributed by atoms with Crippen LogP contribution in [0.25, 0.3) is 0 Å². The molecule has 2 aliphatic heterocycles. The van der Waals surface area contributed by atoms with E-state index in [9.17, 15) is 9.59 Å². The maximum Gasteiger partial charge on any atom is 0.285 e. The van der Waals surface area contributed by atoms with Crippen LogP contribution in [0.5, 0.6) is 0 Å². The first-order valence-corrected chi connectivity index (χ1v) is 9.67. The minimum atomic E-state index is -0.450. The van der Waals surface area contributed by atoms with Gasteiger partial charge in [0.15, 0.2) is 0 Å². The van der Waals surface area contributed by atoms with E-state index in [1.165, 1.54) is 11.9 Å². The summed E-state index contributed by atoms with van der Waals surface area (Å²) in [6.45, 7) is 5.23. The summed E-state index contributed by atoms with van der Waals surface area (Å²) < 4.78 is 5.39. The summed E-state index contributed by atoms with van der Waals surface area (Å²) in [5, 5.41) is 6.13. The molecule has 0 unspecified atom stereocenters. The van der Waals surface area contributed by atoms with Crippen LogP contribution >= 0.6 is 11.6 Å². The fourth-order valence-electron chi connectivity index (χ4n) is 3.53. The Morgan fingerprint density at radius 1 is 1.04 bits per heavy atom. The van der Waals surface area contributed by atoms with Crippen LogP contribution in [0.3, 0.4) is 0 Å². The second kappa shape index (κ2) is 8.20. The van der Waals surface area contributed by atoms with Crippen LogP contribution in [0, 0.1) is 0 Å². The first kappa shape index (κ1) is 18.8. The molecule has 2 fully saturated rings. The smallest absolute Gasteiger partial charge is 0.285 e. The largest absolute Gasteiger partial charge is 0.378 e. The van der Waals surface area contributed by atoms with Crippen molar-refractivity contribution >= 4 is 28.9 Å². The van der Waals surface area contributed by atoms with Gasteiger partial charge in [-0.05, 0) is 17.7 Å². The molecule has 2 saturated heterocycles. The van der Waals surface area contributed by atoms with Crippen molar-refractivity contribution < 1.29 is 9.53 Å². The molecule has 0 spiro atoms. The van der Waals surface area contributed by atoms with Gasteiger partial charge in [-0.15, -0.1) is 0 Å². The number of anilines is 2. The monoisotopic (exact) mass is 403 g/mol. The number of amides is 1. The minimum absolute atomic E-state index is 0.000135. The number of aromatic amines is 1. The molecule has 0 aliphatic carbocycles. The van der Waals surface area contributed by atoms with Crippen LogP contribution < -0.4 is 15.4 Å². The number of hydrogen-bond acceptors (Lipinski definition) is 6. The van der Waals surface area contributed by atoms with Gasteiger partial charge in [0.25, 0.3) is 5.56 Å². The Morgan fingerprint density at radius 2 is 1.79 bits per heavy atom. The zero-order valence-electron chi connectivity index (χ0n) is 15.4. The molecule has 8 nitrogen and oxygen atoms in total. The summed E-state index contributed by atoms with van der Waals surface area (Å²) in [7, 11) is 0. The topological polar surface area (TPSA) is 81.8 Å². The number of halogens is 1. The SMILES string of the molecule is O=C1CN(c2cn[nH]c(=O)c2Cl)CCN1Cc1ccc(N2CCOCC2)cc1. The zero-order valence-corrected chi connectivity index (χ0v) is 16.2. The number of H-pyrrole nitrogens is 1. The number of morpholine rings is 1. The van der Waals surface area contributed by atoms with Gasteiger partial charge in [0, 0.05) is 38.4 Å². The summed E-state index contributed by atoms with van der Waals surface area (Å²) in [5.74, 6) is -0.000135. The predicted molar refractivity (Wildman–Crippen MR) is 107 cm³/mol. The van der Waals surface area contributed by atoms with Crippen LogP contribution in [0.4, 0.5) is 11.4 Å². The third-order valence-corrected chi connectivity index (χ3v) is 5.49. The Balaban J connectivity index is 1.38. The lowest BCUT2D eigenvalue weighted by molar-refractivity contribution is -0.131. The molecule has 148 valence electrons. The highest BCUT2D eigenvalue weighted by atomic mass is 35.5. The molecule has 0 atom stereocenters. The van der Waals surface area contributed by atoms with Gasteiger partial charge in [0.2, 0.25) is 5.91 Å². The molecular formula is C19H22ClN5O3. The van der Waals surface area contributed by atoms with E-state index < -0.39 is 5.56 Å². The van der Waals surface area contributed by atoms with Gasteiger partial charge in [0.1, 0.15) is 5.02 Å². The number of carbonyl (C=O) groups excluding carboxylic acids is 1. The highest BCUT2D eigenvalue weighted by Crippen LogP contribution is 2.23. The number of ether oxygens (including phenoxy) is 1. The van der Waals surface area contributed by atoms with Gasteiger partial charge in [-0.3, -0.25) is 9.59 Å². The second-order valence-electron chi connectivity index (χ2n) is 6.90. The molecule has 0 bridgehead atoms. The Kier molecular flexibility index (Phi) is 5.50. The fraction of sp³-hybridized carbons (Fsp3) is 0.421. The standard InChI is InChI=1S/C19H22ClN5O3/c20-18-16(11-21-22-19(18)27)24-5-6-25(17(26)13-24)12-14-1-3-15(4-2-14)23-7-9-28-10-8-23/h1-4,11H,5-10,12-13H2,(H,22,27). The fourth-order valence-corrected chi connectivity index (χ4v) is 3.74. The first-order valence-electron chi connectivity index (χ1n) is 9.29. The molecule has 0 saturated carbocycles. The number of benzene rings is 1. The number of carbonyl (C=O) groups is 1. The van der Waals surface area contributed by atoms with E-state index in [0.717, 1.165) is 31.9 Å². The van der Waals surface area contributed by atoms with Crippen LogP contribution in [-0.4, -0.2) is 66.9 Å². The lowest BCUT2D eigenvalue weighted by Gasteiger charge is -2.35. The highest BCUT2D eigenvalue weighted by Gasteiger charge is 2.26. The van der Waals surface area contributed by atoms with E-state index in [2.05, 4.69) is 39.4 Å². The van der Waals surface area contributed by atoms with Gasteiger partial charge in [-0.25, -0.2) is 5.10 Å². The van der Waals surface area contributed by atoms with Gasteiger partial charge < -0.3 is 19.4 Å². The molecule has 9 heteroatoms. The number of piperazine rings is 1. The average Bonchev–Trinajstić information content (AvgIpc) is 2.73. The second-order valence-corrected chi connectivity index (χ2v) is 7.28. The van der Waals surface area contributed by atoms with Crippen LogP contribution in [-0.2, 0) is 16.1 Å². The highest BCUT2D eigenvalue weighted by molar-refractivity contribution is 6.33. The van der Waals surface area contributed by atoms with E-state index in [1.807, 2.05) is 4.90 Å². The number of rotatable bonds is 4. The zero-order chi connectivity index (χ0) is 19.5. The maximum absolute atomic E-state index is 12.6. The lowest BCUT2D eigenvalue weighted by Crippen LogP contribution is -2.50. The molecule has 1 N–H and O–H groups in total. The Labute approximate surface area is 167 Å². The average molecular weight is 404 g/mol. The van der Waals surface area contributed by atoms with E-state index in [4.69, 9.17) is 16.3 Å². The van der Waals surface area contributed by atoms with Crippen LogP contribution in [0.15, 0.2) is 35.3 Å². The van der Waals surface area contributed by atoms with Crippen LogP contribution in [0.2, 0.25) is 5.02 Å². The summed E-state index contributed by atoms with van der Waals surface area (Å²) in [4.78, 5) is 30.2. The first-order chi connectivity index (χ1) is 13.6. The predicted octanol–water partition coefficient (Wildman–Crippen LogP) is 1.11. The minimum Gasteiger partial charge on any atom is -0.378 e. The van der Waals surface area contributed by atoms with Gasteiger partial charge >= 0.3 is 0 Å². The van der Waals surface area contributed by atoms with Crippen LogP contribution in [0.1, 0.15) is 5.56 Å². The third kappa shape index (κ3) is 3.98. The number of aromatic nitrogens is 2. The summed E-state index contributed by atoms with van der Waals surface area (Å²) >= 11 is 6.06. The van der Waals surface area contributed by atoms with Crippen molar-refractivity contribution in [1.29, 1.82) is 0 Å². The molecule has 2 aromatic rings. The number of nitrogens with zero attached hydrogens (tertiary/aromatic N) is 4. The molecule has 1 aromatic heterocycles. The Bertz CT molecular complexity index is 895. The lowest BCUT2D eigenvalue weighted by atomic mass is 10.1. The molecule has 1 amide bonds. The molecular weight excluding hydrogens is 382 g/mol.